The lowest BCUT2D eigenvalue weighted by Gasteiger charge is -2.35. The van der Waals surface area contributed by atoms with Gasteiger partial charge in [0.1, 0.15) is 61.0 Å². The molecule has 0 aromatic heterocycles. The summed E-state index contributed by atoms with van der Waals surface area (Å²) < 4.78 is 132. The Labute approximate surface area is 647 Å². The summed E-state index contributed by atoms with van der Waals surface area (Å²) in [5, 5.41) is 2.25. The molecule has 12 rings (SSSR count). The normalized spacial score (nSPS) is 20.7. The molecule has 15 atom stereocenters. The third kappa shape index (κ3) is 24.5. The standard InChI is InChI=1S/C91H103O18P/c1-5-78-86(102-61-73-45-27-13-28-46-73)88(93-3)90(107-78)103-65-82(98-57-69-37-19-9-20-38-69)85(101-60-72-43-25-12-26-44-72)83(99-58-70-39-21-10-22-40-70)66-106-110(92,105-62-74-47-29-14-30-48-74)109-87-79(6-2)108-91(89(87)94-4)104-64-81(97-56-68-35-17-8-18-36-68)84(100-59-71-41-23-11-24-42-71)80(96-55-67-33-15-7-16-34-67)63-95-54-75-51-52-76-49-31-32-50-77(76)53-75/h7-53,78-91H,5-6,54-66H2,1-4H3/t78-,79-,80?,81?,82?,83?,84?,85?,86?,87?,88+,89+,90-,91-,110?/m1/s1. The molecular formula is C91H103O18P. The predicted octanol–water partition coefficient (Wildman–Crippen LogP) is 17.5. The van der Waals surface area contributed by atoms with Crippen molar-refractivity contribution >= 4 is 18.6 Å². The van der Waals surface area contributed by atoms with Gasteiger partial charge in [-0.05, 0) is 79.8 Å². The minimum absolute atomic E-state index is 0.0870. The van der Waals surface area contributed by atoms with Gasteiger partial charge in [-0.15, -0.1) is 0 Å². The van der Waals surface area contributed by atoms with E-state index in [1.54, 1.807) is 7.11 Å². The topological polar surface area (TPSA) is 174 Å². The number of phosphoric ester groups is 1. The van der Waals surface area contributed by atoms with E-state index in [4.69, 9.17) is 79.9 Å². The van der Waals surface area contributed by atoms with Crippen molar-refractivity contribution in [2.45, 2.75) is 172 Å². The molecular weight excluding hydrogens is 1410 g/mol. The first-order valence-electron chi connectivity index (χ1n) is 38.1. The van der Waals surface area contributed by atoms with E-state index in [1.807, 2.05) is 269 Å². The molecule has 10 aromatic carbocycles. The number of ether oxygens (including phenoxy) is 14. The first kappa shape index (κ1) is 81.5. The fourth-order valence-electron chi connectivity index (χ4n) is 13.5. The summed E-state index contributed by atoms with van der Waals surface area (Å²) in [6, 6.07) is 93.3. The van der Waals surface area contributed by atoms with Crippen molar-refractivity contribution in [1.29, 1.82) is 0 Å². The molecule has 2 fully saturated rings. The van der Waals surface area contributed by atoms with E-state index in [0.717, 1.165) is 55.3 Å². The summed E-state index contributed by atoms with van der Waals surface area (Å²) in [7, 11) is -1.62. The Hall–Kier alpha value is -7.99. The van der Waals surface area contributed by atoms with Gasteiger partial charge in [-0.2, -0.15) is 0 Å². The Morgan fingerprint density at radius 2 is 0.645 bits per heavy atom. The molecule has 0 spiro atoms. The zero-order chi connectivity index (χ0) is 75.8. The van der Waals surface area contributed by atoms with Crippen LogP contribution in [0.2, 0.25) is 0 Å². The minimum Gasteiger partial charge on any atom is -0.374 e. The third-order valence-corrected chi connectivity index (χ3v) is 20.9. The maximum Gasteiger partial charge on any atom is 0.475 e. The fraction of sp³-hybridized carbons (Fsp3) is 0.363. The SMILES string of the molecule is CC[C@H]1O[C@@H](OCC(OCc2ccccc2)C(OCc2ccccc2)C(COP(=O)(OCc2ccccc2)OC2[C@@H](CC)O[C@@H](OCC(OCc3ccccc3)C(OCc3ccccc3)C(COCc3ccc4ccccc4c3)OCc3ccccc3)[C@H]2OC)OCc2ccccc2)[C@@H](OC)C1OCc1ccccc1. The highest BCUT2D eigenvalue weighted by Gasteiger charge is 2.52. The van der Waals surface area contributed by atoms with E-state index < -0.39 is 94.2 Å². The Morgan fingerprint density at radius 3 is 1.05 bits per heavy atom. The van der Waals surface area contributed by atoms with Crippen LogP contribution in [0, 0.1) is 0 Å². The van der Waals surface area contributed by atoms with E-state index in [-0.39, 0.29) is 72.2 Å². The van der Waals surface area contributed by atoms with Crippen molar-refractivity contribution in [3.63, 3.8) is 0 Å². The zero-order valence-electron chi connectivity index (χ0n) is 63.1. The largest absolute Gasteiger partial charge is 0.475 e. The summed E-state index contributed by atoms with van der Waals surface area (Å²) >= 11 is 0. The van der Waals surface area contributed by atoms with E-state index in [9.17, 15) is 0 Å². The number of rotatable bonds is 47. The van der Waals surface area contributed by atoms with Crippen LogP contribution >= 0.6 is 7.82 Å². The van der Waals surface area contributed by atoms with Crippen LogP contribution < -0.4 is 0 Å². The second kappa shape index (κ2) is 43.7. The molecule has 2 saturated heterocycles. The van der Waals surface area contributed by atoms with Crippen molar-refractivity contribution in [3.8, 4) is 0 Å². The van der Waals surface area contributed by atoms with E-state index in [1.165, 1.54) is 7.11 Å². The highest BCUT2D eigenvalue weighted by Crippen LogP contribution is 2.54. The fourth-order valence-corrected chi connectivity index (χ4v) is 14.9. The molecule has 18 nitrogen and oxygen atoms in total. The molecule has 9 unspecified atom stereocenters. The van der Waals surface area contributed by atoms with Crippen molar-refractivity contribution in [2.75, 3.05) is 40.6 Å². The van der Waals surface area contributed by atoms with Gasteiger partial charge in [-0.1, -0.05) is 293 Å². The van der Waals surface area contributed by atoms with Gasteiger partial charge in [0.05, 0.1) is 98.1 Å². The lowest BCUT2D eigenvalue weighted by atomic mass is 10.1. The number of methoxy groups -OCH3 is 2. The zero-order valence-corrected chi connectivity index (χ0v) is 64.0. The Balaban J connectivity index is 0.844. The second-order valence-electron chi connectivity index (χ2n) is 27.4. The molecule has 0 amide bonds. The van der Waals surface area contributed by atoms with Crippen molar-refractivity contribution in [3.05, 3.63) is 335 Å². The summed E-state index contributed by atoms with van der Waals surface area (Å²) in [6.45, 7) is 5.03. The first-order valence-corrected chi connectivity index (χ1v) is 39.5. The monoisotopic (exact) mass is 1510 g/mol. The van der Waals surface area contributed by atoms with Gasteiger partial charge in [-0.3, -0.25) is 13.6 Å². The molecule has 2 heterocycles. The van der Waals surface area contributed by atoms with Gasteiger partial charge in [0.2, 0.25) is 0 Å². The minimum atomic E-state index is -4.79. The lowest BCUT2D eigenvalue weighted by molar-refractivity contribution is -0.219. The second-order valence-corrected chi connectivity index (χ2v) is 29.0. The Kier molecular flexibility index (Phi) is 32.4. The quantitative estimate of drug-likeness (QED) is 0.0329. The van der Waals surface area contributed by atoms with Crippen molar-refractivity contribution in [1.82, 2.24) is 0 Å². The molecule has 10 aromatic rings. The summed E-state index contributed by atoms with van der Waals surface area (Å²) in [5.41, 5.74) is 8.21. The molecule has 2 aliphatic rings. The Morgan fingerprint density at radius 1 is 0.309 bits per heavy atom. The Bertz CT molecular complexity index is 4220. The number of hydrogen-bond acceptors (Lipinski definition) is 18. The number of fused-ring (bicyclic) bond motifs is 1. The number of phosphoric acid groups is 1. The molecule has 0 N–H and O–H groups in total. The van der Waals surface area contributed by atoms with Crippen LogP contribution in [0.1, 0.15) is 76.8 Å². The molecule has 0 saturated carbocycles. The molecule has 110 heavy (non-hydrogen) atoms. The van der Waals surface area contributed by atoms with E-state index in [0.29, 0.717) is 31.6 Å². The number of benzene rings is 10. The third-order valence-electron chi connectivity index (χ3n) is 19.5. The molecule has 0 aliphatic carbocycles. The van der Waals surface area contributed by atoms with Gasteiger partial charge >= 0.3 is 7.82 Å². The van der Waals surface area contributed by atoms with Crippen molar-refractivity contribution < 1.29 is 84.5 Å². The molecule has 0 bridgehead atoms. The highest BCUT2D eigenvalue weighted by molar-refractivity contribution is 7.48. The molecule has 19 heteroatoms. The van der Waals surface area contributed by atoms with Crippen LogP contribution in [-0.4, -0.2) is 126 Å². The van der Waals surface area contributed by atoms with Gasteiger partial charge in [0, 0.05) is 14.2 Å². The van der Waals surface area contributed by atoms with Crippen LogP contribution in [-0.2, 0) is 144 Å². The summed E-state index contributed by atoms with van der Waals surface area (Å²) in [6.07, 6.45) is -10.7. The maximum atomic E-state index is 16.4. The smallest absolute Gasteiger partial charge is 0.374 e. The van der Waals surface area contributed by atoms with Gasteiger partial charge in [0.25, 0.3) is 0 Å². The average Bonchev–Trinajstić information content (AvgIpc) is 1.63. The van der Waals surface area contributed by atoms with E-state index >= 15 is 4.57 Å². The van der Waals surface area contributed by atoms with E-state index in [2.05, 4.69) is 30.3 Å². The van der Waals surface area contributed by atoms with Crippen LogP contribution in [0.25, 0.3) is 10.8 Å². The van der Waals surface area contributed by atoms with Gasteiger partial charge < -0.3 is 66.3 Å². The lowest BCUT2D eigenvalue weighted by Crippen LogP contribution is -2.48. The van der Waals surface area contributed by atoms with Gasteiger partial charge in [-0.25, -0.2) is 4.57 Å². The van der Waals surface area contributed by atoms with Crippen LogP contribution in [0.15, 0.2) is 285 Å². The van der Waals surface area contributed by atoms with Gasteiger partial charge in [0.15, 0.2) is 12.6 Å². The highest BCUT2D eigenvalue weighted by atomic mass is 31.2. The van der Waals surface area contributed by atoms with Crippen LogP contribution in [0.4, 0.5) is 0 Å². The summed E-state index contributed by atoms with van der Waals surface area (Å²) in [5.74, 6) is 0. The average molecular weight is 1520 g/mol. The maximum absolute atomic E-state index is 16.4. The molecule has 0 radical (unpaired) electrons. The molecule has 580 valence electrons. The summed E-state index contributed by atoms with van der Waals surface area (Å²) in [4.78, 5) is 0. The number of hydrogen-bond donors (Lipinski definition) is 0. The molecule has 2 aliphatic heterocycles. The predicted molar refractivity (Wildman–Crippen MR) is 420 cm³/mol. The van der Waals surface area contributed by atoms with Crippen LogP contribution in [0.5, 0.6) is 0 Å². The van der Waals surface area contributed by atoms with Crippen LogP contribution in [0.3, 0.4) is 0 Å². The van der Waals surface area contributed by atoms with Crippen molar-refractivity contribution in [2.24, 2.45) is 0 Å². The first-order chi connectivity index (χ1) is 54.2.